The smallest absolute Gasteiger partial charge is 0.253 e. The molecule has 0 unspecified atom stereocenters. The molecule has 1 N–H and O–H groups in total. The Kier molecular flexibility index (Phi) is 3.44. The van der Waals surface area contributed by atoms with Crippen molar-refractivity contribution in [3.63, 3.8) is 0 Å². The molecule has 17 heavy (non-hydrogen) atoms. The Balaban J connectivity index is 2.07. The van der Waals surface area contributed by atoms with Crippen molar-refractivity contribution in [2.24, 2.45) is 0 Å². The van der Waals surface area contributed by atoms with E-state index in [1.807, 2.05) is 0 Å². The number of hydrogen-bond acceptors (Lipinski definition) is 2. The second kappa shape index (κ2) is 5.01. The van der Waals surface area contributed by atoms with E-state index in [2.05, 4.69) is 5.32 Å². The molecular formula is C12H9ClFNO2. The predicted molar refractivity (Wildman–Crippen MR) is 61.3 cm³/mol. The van der Waals surface area contributed by atoms with Crippen molar-refractivity contribution in [3.05, 3.63) is 58.8 Å². The van der Waals surface area contributed by atoms with Crippen LogP contribution in [0.2, 0.25) is 5.02 Å². The summed E-state index contributed by atoms with van der Waals surface area (Å²) < 4.78 is 18.0. The largest absolute Gasteiger partial charge is 0.467 e. The molecule has 0 fully saturated rings. The number of hydrogen-bond donors (Lipinski definition) is 1. The van der Waals surface area contributed by atoms with Crippen LogP contribution in [0.25, 0.3) is 0 Å². The van der Waals surface area contributed by atoms with Gasteiger partial charge in [0, 0.05) is 0 Å². The quantitative estimate of drug-likeness (QED) is 0.914. The fourth-order valence-electron chi connectivity index (χ4n) is 1.35. The van der Waals surface area contributed by atoms with E-state index in [1.54, 1.807) is 12.1 Å². The summed E-state index contributed by atoms with van der Waals surface area (Å²) in [5.41, 5.74) is 0.109. The zero-order valence-electron chi connectivity index (χ0n) is 8.74. The summed E-state index contributed by atoms with van der Waals surface area (Å²) in [7, 11) is 0. The van der Waals surface area contributed by atoms with Gasteiger partial charge in [0.25, 0.3) is 5.91 Å². The molecule has 2 aromatic rings. The highest BCUT2D eigenvalue weighted by atomic mass is 35.5. The molecule has 3 nitrogen and oxygen atoms in total. The molecule has 2 rings (SSSR count). The van der Waals surface area contributed by atoms with E-state index in [0.717, 1.165) is 6.07 Å². The van der Waals surface area contributed by atoms with Crippen LogP contribution in [0.3, 0.4) is 0 Å². The number of rotatable bonds is 3. The van der Waals surface area contributed by atoms with Gasteiger partial charge in [0.2, 0.25) is 0 Å². The molecule has 5 heteroatoms. The lowest BCUT2D eigenvalue weighted by Gasteiger charge is -2.05. The van der Waals surface area contributed by atoms with Crippen LogP contribution in [-0.2, 0) is 6.54 Å². The molecular weight excluding hydrogens is 245 g/mol. The highest BCUT2D eigenvalue weighted by molar-refractivity contribution is 6.33. The maximum Gasteiger partial charge on any atom is 0.253 e. The van der Waals surface area contributed by atoms with Gasteiger partial charge in [0.05, 0.1) is 23.4 Å². The summed E-state index contributed by atoms with van der Waals surface area (Å²) in [6, 6.07) is 7.09. The minimum absolute atomic E-state index is 0.109. The molecule has 0 radical (unpaired) electrons. The lowest BCUT2D eigenvalue weighted by atomic mass is 10.2. The van der Waals surface area contributed by atoms with E-state index >= 15 is 0 Å². The van der Waals surface area contributed by atoms with Crippen LogP contribution < -0.4 is 5.32 Å². The minimum Gasteiger partial charge on any atom is -0.467 e. The number of nitrogens with one attached hydrogen (secondary N) is 1. The van der Waals surface area contributed by atoms with E-state index in [1.165, 1.54) is 18.4 Å². The molecule has 1 aromatic heterocycles. The van der Waals surface area contributed by atoms with Crippen molar-refractivity contribution in [1.82, 2.24) is 5.32 Å². The van der Waals surface area contributed by atoms with E-state index in [4.69, 9.17) is 16.0 Å². The Labute approximate surface area is 102 Å². The SMILES string of the molecule is O=C(NCc1ccco1)c1cc(F)ccc1Cl. The Morgan fingerprint density at radius 1 is 1.41 bits per heavy atom. The van der Waals surface area contributed by atoms with Gasteiger partial charge in [0.15, 0.2) is 0 Å². The maximum atomic E-state index is 13.0. The highest BCUT2D eigenvalue weighted by Crippen LogP contribution is 2.17. The summed E-state index contributed by atoms with van der Waals surface area (Å²) in [6.07, 6.45) is 1.51. The number of halogens is 2. The van der Waals surface area contributed by atoms with Crippen molar-refractivity contribution in [2.75, 3.05) is 0 Å². The highest BCUT2D eigenvalue weighted by Gasteiger charge is 2.11. The molecule has 1 heterocycles. The molecule has 0 aliphatic rings. The first-order chi connectivity index (χ1) is 8.16. The summed E-state index contributed by atoms with van der Waals surface area (Å²) in [4.78, 5) is 11.7. The summed E-state index contributed by atoms with van der Waals surface area (Å²) in [5, 5.41) is 2.80. The van der Waals surface area contributed by atoms with Gasteiger partial charge >= 0.3 is 0 Å². The molecule has 0 saturated heterocycles. The van der Waals surface area contributed by atoms with Crippen molar-refractivity contribution in [2.45, 2.75) is 6.54 Å². The number of carbonyl (C=O) groups is 1. The van der Waals surface area contributed by atoms with Gasteiger partial charge in [-0.15, -0.1) is 0 Å². The third-order valence-electron chi connectivity index (χ3n) is 2.18. The van der Waals surface area contributed by atoms with Gasteiger partial charge in [-0.1, -0.05) is 11.6 Å². The summed E-state index contributed by atoms with van der Waals surface area (Å²) >= 11 is 5.80. The van der Waals surface area contributed by atoms with Crippen molar-refractivity contribution in [3.8, 4) is 0 Å². The zero-order valence-corrected chi connectivity index (χ0v) is 9.50. The van der Waals surface area contributed by atoms with Crippen LogP contribution in [0.1, 0.15) is 16.1 Å². The standard InChI is InChI=1S/C12H9ClFNO2/c13-11-4-3-8(14)6-10(11)12(16)15-7-9-2-1-5-17-9/h1-6H,7H2,(H,15,16). The van der Waals surface area contributed by atoms with E-state index < -0.39 is 11.7 Å². The number of carbonyl (C=O) groups excluding carboxylic acids is 1. The van der Waals surface area contributed by atoms with Gasteiger partial charge in [-0.25, -0.2) is 4.39 Å². The van der Waals surface area contributed by atoms with Crippen molar-refractivity contribution in [1.29, 1.82) is 0 Å². The predicted octanol–water partition coefficient (Wildman–Crippen LogP) is 3.00. The Hall–Kier alpha value is -1.81. The molecule has 0 aliphatic carbocycles. The first-order valence-corrected chi connectivity index (χ1v) is 5.30. The van der Waals surface area contributed by atoms with E-state index in [9.17, 15) is 9.18 Å². The normalized spacial score (nSPS) is 10.2. The molecule has 0 spiro atoms. The Morgan fingerprint density at radius 3 is 2.94 bits per heavy atom. The Morgan fingerprint density at radius 2 is 2.24 bits per heavy atom. The number of benzene rings is 1. The van der Waals surface area contributed by atoms with Crippen LogP contribution in [0.15, 0.2) is 41.0 Å². The van der Waals surface area contributed by atoms with Crippen molar-refractivity contribution >= 4 is 17.5 Å². The van der Waals surface area contributed by atoms with Crippen LogP contribution in [-0.4, -0.2) is 5.91 Å². The lowest BCUT2D eigenvalue weighted by molar-refractivity contribution is 0.0947. The van der Waals surface area contributed by atoms with Gasteiger partial charge in [-0.2, -0.15) is 0 Å². The van der Waals surface area contributed by atoms with Crippen LogP contribution in [0, 0.1) is 5.82 Å². The molecule has 0 aliphatic heterocycles. The van der Waals surface area contributed by atoms with Crippen LogP contribution >= 0.6 is 11.6 Å². The zero-order chi connectivity index (χ0) is 12.3. The first kappa shape index (κ1) is 11.7. The first-order valence-electron chi connectivity index (χ1n) is 4.92. The van der Waals surface area contributed by atoms with Gasteiger partial charge in [-0.05, 0) is 30.3 Å². The summed E-state index contributed by atoms with van der Waals surface area (Å²) in [6.45, 7) is 0.235. The van der Waals surface area contributed by atoms with E-state index in [-0.39, 0.29) is 17.1 Å². The van der Waals surface area contributed by atoms with Gasteiger partial charge < -0.3 is 9.73 Å². The maximum absolute atomic E-state index is 13.0. The van der Waals surface area contributed by atoms with Gasteiger partial charge in [0.1, 0.15) is 11.6 Å². The fourth-order valence-corrected chi connectivity index (χ4v) is 1.55. The van der Waals surface area contributed by atoms with Crippen LogP contribution in [0.5, 0.6) is 0 Å². The topological polar surface area (TPSA) is 42.2 Å². The second-order valence-corrected chi connectivity index (χ2v) is 3.79. The lowest BCUT2D eigenvalue weighted by Crippen LogP contribution is -2.23. The molecule has 88 valence electrons. The Bertz CT molecular complexity index is 525. The molecule has 0 saturated carbocycles. The number of amides is 1. The average Bonchev–Trinajstić information content (AvgIpc) is 2.82. The third-order valence-corrected chi connectivity index (χ3v) is 2.51. The third kappa shape index (κ3) is 2.85. The van der Waals surface area contributed by atoms with Crippen LogP contribution in [0.4, 0.5) is 4.39 Å². The molecule has 1 aromatic carbocycles. The molecule has 0 bridgehead atoms. The van der Waals surface area contributed by atoms with Gasteiger partial charge in [-0.3, -0.25) is 4.79 Å². The van der Waals surface area contributed by atoms with E-state index in [0.29, 0.717) is 5.76 Å². The monoisotopic (exact) mass is 253 g/mol. The second-order valence-electron chi connectivity index (χ2n) is 3.39. The summed E-state index contributed by atoms with van der Waals surface area (Å²) in [5.74, 6) is -0.325. The number of furan rings is 1. The minimum atomic E-state index is -0.502. The molecule has 0 atom stereocenters. The fraction of sp³-hybridized carbons (Fsp3) is 0.0833. The molecule has 1 amide bonds. The van der Waals surface area contributed by atoms with Crippen molar-refractivity contribution < 1.29 is 13.6 Å². The average molecular weight is 254 g/mol.